The van der Waals surface area contributed by atoms with Crippen LogP contribution in [0.25, 0.3) is 0 Å². The average molecular weight is 390 g/mol. The van der Waals surface area contributed by atoms with E-state index in [-0.39, 0.29) is 19.1 Å². The van der Waals surface area contributed by atoms with Crippen molar-refractivity contribution in [1.29, 1.82) is 0 Å². The molecular weight excluding hydrogens is 374 g/mol. The van der Waals surface area contributed by atoms with E-state index in [0.29, 0.717) is 23.6 Å². The van der Waals surface area contributed by atoms with Gasteiger partial charge in [0.2, 0.25) is 5.91 Å². The number of thioether (sulfide) groups is 1. The van der Waals surface area contributed by atoms with Crippen LogP contribution in [0.4, 0.5) is 5.69 Å². The molecule has 7 heteroatoms. The van der Waals surface area contributed by atoms with Gasteiger partial charge in [-0.2, -0.15) is 0 Å². The lowest BCUT2D eigenvalue weighted by atomic mass is 10.2. The van der Waals surface area contributed by atoms with Gasteiger partial charge in [-0.05, 0) is 30.3 Å². The van der Waals surface area contributed by atoms with Crippen LogP contribution in [-0.2, 0) is 14.3 Å². The largest absolute Gasteiger partial charge is 0.490 e. The van der Waals surface area contributed by atoms with Crippen LogP contribution in [0.2, 0.25) is 5.02 Å². The van der Waals surface area contributed by atoms with E-state index in [0.717, 1.165) is 10.6 Å². The number of hydrogen-bond acceptors (Lipinski definition) is 5. The van der Waals surface area contributed by atoms with Gasteiger partial charge < -0.3 is 9.47 Å². The Balaban J connectivity index is 1.41. The highest BCUT2D eigenvalue weighted by Crippen LogP contribution is 2.56. The molecule has 0 saturated carbocycles. The van der Waals surface area contributed by atoms with Crippen LogP contribution in [-0.4, -0.2) is 30.0 Å². The fourth-order valence-corrected chi connectivity index (χ4v) is 4.83. The Morgan fingerprint density at radius 1 is 1.19 bits per heavy atom. The highest BCUT2D eigenvalue weighted by molar-refractivity contribution is 8.02. The second-order valence-electron chi connectivity index (χ2n) is 6.03. The lowest BCUT2D eigenvalue weighted by Crippen LogP contribution is -2.48. The Morgan fingerprint density at radius 3 is 2.88 bits per heavy atom. The molecule has 0 aliphatic carbocycles. The number of rotatable bonds is 5. The molecular formula is C19H16ClNO4S. The number of para-hydroxylation sites is 1. The summed E-state index contributed by atoms with van der Waals surface area (Å²) in [7, 11) is 0. The molecule has 1 saturated heterocycles. The van der Waals surface area contributed by atoms with Crippen LogP contribution in [0.1, 0.15) is 12.8 Å². The van der Waals surface area contributed by atoms with Crippen LogP contribution in [0.3, 0.4) is 0 Å². The first-order valence-corrected chi connectivity index (χ1v) is 9.46. The molecule has 1 amide bonds. The van der Waals surface area contributed by atoms with Gasteiger partial charge in [0.25, 0.3) is 0 Å². The molecule has 4 rings (SSSR count). The highest BCUT2D eigenvalue weighted by atomic mass is 35.5. The van der Waals surface area contributed by atoms with Gasteiger partial charge in [0, 0.05) is 22.8 Å². The summed E-state index contributed by atoms with van der Waals surface area (Å²) in [6.45, 7) is 0.319. The van der Waals surface area contributed by atoms with Gasteiger partial charge in [-0.25, -0.2) is 4.79 Å². The molecule has 134 valence electrons. The molecule has 0 unspecified atom stereocenters. The number of carbonyl (C=O) groups is 2. The highest BCUT2D eigenvalue weighted by Gasteiger charge is 2.58. The van der Waals surface area contributed by atoms with Crippen LogP contribution in [0.5, 0.6) is 5.75 Å². The minimum Gasteiger partial charge on any atom is -0.490 e. The van der Waals surface area contributed by atoms with E-state index in [1.165, 1.54) is 11.8 Å². The number of halogens is 1. The first kappa shape index (κ1) is 17.2. The maximum atomic E-state index is 12.8. The van der Waals surface area contributed by atoms with Gasteiger partial charge in [0.1, 0.15) is 19.0 Å². The number of fused-ring (bicyclic) bond motifs is 3. The van der Waals surface area contributed by atoms with Gasteiger partial charge in [-0.3, -0.25) is 9.69 Å². The fourth-order valence-electron chi connectivity index (χ4n) is 3.24. The normalized spacial score (nSPS) is 20.7. The monoisotopic (exact) mass is 389 g/mol. The molecule has 2 aliphatic heterocycles. The van der Waals surface area contributed by atoms with E-state index >= 15 is 0 Å². The summed E-state index contributed by atoms with van der Waals surface area (Å²) < 4.78 is 11.0. The molecule has 1 fully saturated rings. The number of anilines is 1. The van der Waals surface area contributed by atoms with Crippen molar-refractivity contribution in [3.05, 3.63) is 53.6 Å². The maximum absolute atomic E-state index is 12.8. The van der Waals surface area contributed by atoms with Crippen molar-refractivity contribution in [1.82, 2.24) is 0 Å². The summed E-state index contributed by atoms with van der Waals surface area (Å²) in [6.07, 6.45) is 0.786. The Kier molecular flexibility index (Phi) is 4.54. The van der Waals surface area contributed by atoms with Crippen molar-refractivity contribution < 1.29 is 19.1 Å². The molecule has 26 heavy (non-hydrogen) atoms. The predicted molar refractivity (Wildman–Crippen MR) is 99.7 cm³/mol. The topological polar surface area (TPSA) is 55.8 Å². The first-order chi connectivity index (χ1) is 12.6. The Bertz CT molecular complexity index is 874. The van der Waals surface area contributed by atoms with E-state index in [4.69, 9.17) is 21.1 Å². The average Bonchev–Trinajstić information content (AvgIpc) is 3.15. The number of nitrogens with zero attached hydrogens (tertiary/aromatic N) is 1. The molecule has 2 aromatic carbocycles. The van der Waals surface area contributed by atoms with Crippen molar-refractivity contribution in [3.63, 3.8) is 0 Å². The van der Waals surface area contributed by atoms with Crippen LogP contribution < -0.4 is 9.64 Å². The summed E-state index contributed by atoms with van der Waals surface area (Å²) in [4.78, 5) is 26.7. The quantitative estimate of drug-likeness (QED) is 0.573. The van der Waals surface area contributed by atoms with Gasteiger partial charge in [0.15, 0.2) is 4.87 Å². The molecule has 2 aromatic rings. The second-order valence-corrected chi connectivity index (χ2v) is 7.78. The van der Waals surface area contributed by atoms with Gasteiger partial charge in [-0.1, -0.05) is 41.6 Å². The predicted octanol–water partition coefficient (Wildman–Crippen LogP) is 3.89. The Hall–Kier alpha value is -2.18. The zero-order valence-corrected chi connectivity index (χ0v) is 15.4. The number of benzene rings is 2. The van der Waals surface area contributed by atoms with Crippen molar-refractivity contribution in [2.45, 2.75) is 22.6 Å². The molecule has 0 bridgehead atoms. The fraction of sp³-hybridized carbons (Fsp3) is 0.263. The van der Waals surface area contributed by atoms with Crippen molar-refractivity contribution in [2.75, 3.05) is 18.1 Å². The standard InChI is InChI=1S/C19H16ClNO4S/c20-13-4-3-5-14(12-13)24-10-11-25-18(23)19-9-8-17(22)21(19)15-6-1-2-7-16(15)26-19/h1-7,12H,8-11H2/t19-/m0/s1. The SMILES string of the molecule is O=C1CC[C@@]2(C(=O)OCCOc3cccc(Cl)c3)Sc3ccccc3N12. The molecule has 0 spiro atoms. The van der Waals surface area contributed by atoms with Crippen molar-refractivity contribution in [3.8, 4) is 5.75 Å². The minimum absolute atomic E-state index is 0.0467. The maximum Gasteiger partial charge on any atom is 0.343 e. The molecule has 0 radical (unpaired) electrons. The minimum atomic E-state index is -0.989. The third-order valence-corrected chi connectivity index (χ3v) is 6.06. The first-order valence-electron chi connectivity index (χ1n) is 8.27. The van der Waals surface area contributed by atoms with E-state index < -0.39 is 10.8 Å². The van der Waals surface area contributed by atoms with E-state index in [2.05, 4.69) is 0 Å². The third-order valence-electron chi connectivity index (χ3n) is 4.37. The van der Waals surface area contributed by atoms with Gasteiger partial charge in [0.05, 0.1) is 5.69 Å². The number of ether oxygens (including phenoxy) is 2. The second kappa shape index (κ2) is 6.85. The van der Waals surface area contributed by atoms with Gasteiger partial charge in [-0.15, -0.1) is 0 Å². The van der Waals surface area contributed by atoms with Crippen LogP contribution >= 0.6 is 23.4 Å². The van der Waals surface area contributed by atoms with E-state index in [1.54, 1.807) is 29.2 Å². The smallest absolute Gasteiger partial charge is 0.343 e. The zero-order valence-electron chi connectivity index (χ0n) is 13.8. The number of hydrogen-bond donors (Lipinski definition) is 0. The number of amides is 1. The lowest BCUT2D eigenvalue weighted by Gasteiger charge is -2.28. The van der Waals surface area contributed by atoms with E-state index in [9.17, 15) is 9.59 Å². The van der Waals surface area contributed by atoms with Crippen molar-refractivity contribution >= 4 is 40.9 Å². The Labute approximate surface area is 160 Å². The summed E-state index contributed by atoms with van der Waals surface area (Å²) in [5, 5.41) is 0.582. The number of carbonyl (C=O) groups excluding carboxylic acids is 2. The summed E-state index contributed by atoms with van der Waals surface area (Å²) >= 11 is 7.30. The van der Waals surface area contributed by atoms with Crippen LogP contribution in [0.15, 0.2) is 53.4 Å². The molecule has 0 N–H and O–H groups in total. The summed E-state index contributed by atoms with van der Waals surface area (Å²) in [6, 6.07) is 14.6. The molecule has 2 aliphatic rings. The molecule has 0 aromatic heterocycles. The summed E-state index contributed by atoms with van der Waals surface area (Å²) in [5.41, 5.74) is 0.784. The number of esters is 1. The van der Waals surface area contributed by atoms with E-state index in [1.807, 2.05) is 24.3 Å². The van der Waals surface area contributed by atoms with Crippen molar-refractivity contribution in [2.24, 2.45) is 0 Å². The van der Waals surface area contributed by atoms with Gasteiger partial charge >= 0.3 is 5.97 Å². The Morgan fingerprint density at radius 2 is 2.04 bits per heavy atom. The molecule has 2 heterocycles. The zero-order chi connectivity index (χ0) is 18.1. The van der Waals surface area contributed by atoms with Crippen LogP contribution in [0, 0.1) is 0 Å². The third kappa shape index (κ3) is 2.93. The molecule has 1 atom stereocenters. The summed E-state index contributed by atoms with van der Waals surface area (Å²) in [5.74, 6) is 0.167. The lowest BCUT2D eigenvalue weighted by molar-refractivity contribution is -0.147. The molecule has 5 nitrogen and oxygen atoms in total.